The van der Waals surface area contributed by atoms with E-state index in [1.54, 1.807) is 0 Å². The molecular weight excluding hydrogens is 208 g/mol. The molecule has 1 aromatic rings. The first kappa shape index (κ1) is 12.4. The van der Waals surface area contributed by atoms with Crippen LogP contribution in [0.4, 0.5) is 5.69 Å². The van der Waals surface area contributed by atoms with Gasteiger partial charge in [0.25, 0.3) is 0 Å². The number of hydrogen-bond acceptors (Lipinski definition) is 2. The van der Waals surface area contributed by atoms with E-state index in [4.69, 9.17) is 5.73 Å². The Morgan fingerprint density at radius 2 is 2.00 bits per heavy atom. The van der Waals surface area contributed by atoms with Crippen molar-refractivity contribution < 1.29 is 0 Å². The molecule has 94 valence electrons. The van der Waals surface area contributed by atoms with Gasteiger partial charge in [-0.15, -0.1) is 0 Å². The smallest absolute Gasteiger partial charge is 0.0366 e. The van der Waals surface area contributed by atoms with E-state index in [1.165, 1.54) is 30.8 Å². The summed E-state index contributed by atoms with van der Waals surface area (Å²) in [5.74, 6) is 1.66. The van der Waals surface area contributed by atoms with Crippen LogP contribution in [0.2, 0.25) is 0 Å². The van der Waals surface area contributed by atoms with Crippen molar-refractivity contribution in [2.75, 3.05) is 24.5 Å². The monoisotopic (exact) mass is 232 g/mol. The molecule has 0 bridgehead atoms. The van der Waals surface area contributed by atoms with Crippen molar-refractivity contribution in [1.29, 1.82) is 0 Å². The first-order valence-corrected chi connectivity index (χ1v) is 6.74. The molecule has 1 aliphatic heterocycles. The first-order chi connectivity index (χ1) is 8.20. The van der Waals surface area contributed by atoms with Crippen LogP contribution in [0, 0.1) is 11.8 Å². The van der Waals surface area contributed by atoms with Crippen LogP contribution in [0.3, 0.4) is 0 Å². The SMILES string of the molecule is CC(C)C1CCN(c2ccc(CCN)cc2)C1. The van der Waals surface area contributed by atoms with Crippen molar-refractivity contribution in [1.82, 2.24) is 0 Å². The topological polar surface area (TPSA) is 29.3 Å². The Kier molecular flexibility index (Phi) is 4.06. The van der Waals surface area contributed by atoms with E-state index in [2.05, 4.69) is 43.0 Å². The van der Waals surface area contributed by atoms with Crippen molar-refractivity contribution in [2.45, 2.75) is 26.7 Å². The van der Waals surface area contributed by atoms with E-state index >= 15 is 0 Å². The van der Waals surface area contributed by atoms with Crippen LogP contribution in [0.15, 0.2) is 24.3 Å². The lowest BCUT2D eigenvalue weighted by molar-refractivity contribution is 0.423. The zero-order chi connectivity index (χ0) is 12.3. The highest BCUT2D eigenvalue weighted by atomic mass is 15.1. The predicted molar refractivity (Wildman–Crippen MR) is 74.4 cm³/mol. The number of anilines is 1. The number of rotatable bonds is 4. The summed E-state index contributed by atoms with van der Waals surface area (Å²) in [7, 11) is 0. The minimum atomic E-state index is 0.735. The molecule has 2 nitrogen and oxygen atoms in total. The minimum absolute atomic E-state index is 0.735. The Labute approximate surface area is 105 Å². The molecule has 0 amide bonds. The fourth-order valence-electron chi connectivity index (χ4n) is 2.61. The van der Waals surface area contributed by atoms with Crippen LogP contribution < -0.4 is 10.6 Å². The Hall–Kier alpha value is -1.02. The van der Waals surface area contributed by atoms with E-state index < -0.39 is 0 Å². The van der Waals surface area contributed by atoms with Gasteiger partial charge in [0.1, 0.15) is 0 Å². The fourth-order valence-corrected chi connectivity index (χ4v) is 2.61. The molecule has 0 aliphatic carbocycles. The Morgan fingerprint density at radius 1 is 1.29 bits per heavy atom. The van der Waals surface area contributed by atoms with Crippen molar-refractivity contribution >= 4 is 5.69 Å². The van der Waals surface area contributed by atoms with Gasteiger partial charge in [-0.25, -0.2) is 0 Å². The lowest BCUT2D eigenvalue weighted by atomic mass is 9.95. The normalized spacial score (nSPS) is 20.2. The lowest BCUT2D eigenvalue weighted by Gasteiger charge is -2.20. The third kappa shape index (κ3) is 3.01. The summed E-state index contributed by atoms with van der Waals surface area (Å²) < 4.78 is 0. The molecule has 1 heterocycles. The number of benzene rings is 1. The van der Waals surface area contributed by atoms with E-state index in [0.717, 1.165) is 24.8 Å². The van der Waals surface area contributed by atoms with Crippen LogP contribution in [-0.2, 0) is 6.42 Å². The number of hydrogen-bond donors (Lipinski definition) is 1. The molecule has 17 heavy (non-hydrogen) atoms. The van der Waals surface area contributed by atoms with Crippen molar-refractivity contribution in [2.24, 2.45) is 17.6 Å². The van der Waals surface area contributed by atoms with Gasteiger partial charge in [0.15, 0.2) is 0 Å². The molecular formula is C15H24N2. The van der Waals surface area contributed by atoms with Crippen LogP contribution in [-0.4, -0.2) is 19.6 Å². The second-order valence-electron chi connectivity index (χ2n) is 5.44. The van der Waals surface area contributed by atoms with Gasteiger partial charge in [0.05, 0.1) is 0 Å². The molecule has 2 rings (SSSR count). The highest BCUT2D eigenvalue weighted by molar-refractivity contribution is 5.48. The molecule has 1 fully saturated rings. The summed E-state index contributed by atoms with van der Waals surface area (Å²) in [6.07, 6.45) is 2.32. The first-order valence-electron chi connectivity index (χ1n) is 6.74. The van der Waals surface area contributed by atoms with E-state index in [1.807, 2.05) is 0 Å². The standard InChI is InChI=1S/C15H24N2/c1-12(2)14-8-10-17(11-14)15-5-3-13(4-6-15)7-9-16/h3-6,12,14H,7-11,16H2,1-2H3. The van der Waals surface area contributed by atoms with Gasteiger partial charge in [0, 0.05) is 18.8 Å². The highest BCUT2D eigenvalue weighted by Crippen LogP contribution is 2.28. The van der Waals surface area contributed by atoms with Gasteiger partial charge in [-0.1, -0.05) is 26.0 Å². The van der Waals surface area contributed by atoms with E-state index in [-0.39, 0.29) is 0 Å². The van der Waals surface area contributed by atoms with Gasteiger partial charge in [-0.05, 0) is 48.9 Å². The molecule has 1 saturated heterocycles. The number of nitrogens with zero attached hydrogens (tertiary/aromatic N) is 1. The maximum atomic E-state index is 5.56. The van der Waals surface area contributed by atoms with Gasteiger partial charge in [0.2, 0.25) is 0 Å². The molecule has 0 aromatic heterocycles. The fraction of sp³-hybridized carbons (Fsp3) is 0.600. The van der Waals surface area contributed by atoms with Crippen molar-refractivity contribution in [3.63, 3.8) is 0 Å². The number of nitrogens with two attached hydrogens (primary N) is 1. The molecule has 0 radical (unpaired) electrons. The maximum Gasteiger partial charge on any atom is 0.0366 e. The third-order valence-corrected chi connectivity index (χ3v) is 3.90. The molecule has 1 aliphatic rings. The summed E-state index contributed by atoms with van der Waals surface area (Å²) in [4.78, 5) is 2.51. The summed E-state index contributed by atoms with van der Waals surface area (Å²) in [5.41, 5.74) is 8.27. The average molecular weight is 232 g/mol. The van der Waals surface area contributed by atoms with Crippen LogP contribution >= 0.6 is 0 Å². The average Bonchev–Trinajstić information content (AvgIpc) is 2.80. The van der Waals surface area contributed by atoms with E-state index in [0.29, 0.717) is 0 Å². The minimum Gasteiger partial charge on any atom is -0.371 e. The van der Waals surface area contributed by atoms with Crippen molar-refractivity contribution in [3.8, 4) is 0 Å². The summed E-state index contributed by atoms with van der Waals surface area (Å²) >= 11 is 0. The quantitative estimate of drug-likeness (QED) is 0.865. The summed E-state index contributed by atoms with van der Waals surface area (Å²) in [6.45, 7) is 7.82. The van der Waals surface area contributed by atoms with Crippen molar-refractivity contribution in [3.05, 3.63) is 29.8 Å². The third-order valence-electron chi connectivity index (χ3n) is 3.90. The van der Waals surface area contributed by atoms with Gasteiger partial charge >= 0.3 is 0 Å². The molecule has 1 atom stereocenters. The van der Waals surface area contributed by atoms with Crippen LogP contribution in [0.1, 0.15) is 25.8 Å². The largest absolute Gasteiger partial charge is 0.371 e. The summed E-state index contributed by atoms with van der Waals surface area (Å²) in [6, 6.07) is 8.91. The van der Waals surface area contributed by atoms with Crippen LogP contribution in [0.25, 0.3) is 0 Å². The molecule has 0 saturated carbocycles. The maximum absolute atomic E-state index is 5.56. The van der Waals surface area contributed by atoms with Gasteiger partial charge in [-0.2, -0.15) is 0 Å². The Bertz CT molecular complexity index is 342. The zero-order valence-electron chi connectivity index (χ0n) is 11.0. The molecule has 1 unspecified atom stereocenters. The molecule has 2 N–H and O–H groups in total. The Balaban J connectivity index is 1.99. The highest BCUT2D eigenvalue weighted by Gasteiger charge is 2.24. The van der Waals surface area contributed by atoms with Crippen LogP contribution in [0.5, 0.6) is 0 Å². The Morgan fingerprint density at radius 3 is 2.53 bits per heavy atom. The second-order valence-corrected chi connectivity index (χ2v) is 5.44. The van der Waals surface area contributed by atoms with E-state index in [9.17, 15) is 0 Å². The molecule has 1 aromatic carbocycles. The molecule has 0 spiro atoms. The van der Waals surface area contributed by atoms with Gasteiger partial charge in [-0.3, -0.25) is 0 Å². The summed E-state index contributed by atoms with van der Waals surface area (Å²) in [5, 5.41) is 0. The molecule has 2 heteroatoms. The van der Waals surface area contributed by atoms with Gasteiger partial charge < -0.3 is 10.6 Å². The lowest BCUT2D eigenvalue weighted by Crippen LogP contribution is -2.21. The second kappa shape index (κ2) is 5.54. The predicted octanol–water partition coefficient (Wildman–Crippen LogP) is 2.67. The zero-order valence-corrected chi connectivity index (χ0v) is 11.0.